The number of aliphatic hydroxyl groups is 1. The highest BCUT2D eigenvalue weighted by molar-refractivity contribution is 7.16. The Kier molecular flexibility index (Phi) is 7.19. The van der Waals surface area contributed by atoms with Gasteiger partial charge in [-0.3, -0.25) is 4.90 Å². The highest BCUT2D eigenvalue weighted by atomic mass is 35.5. The van der Waals surface area contributed by atoms with Crippen molar-refractivity contribution in [1.82, 2.24) is 4.90 Å². The number of aliphatic hydroxyl groups excluding tert-OH is 1. The van der Waals surface area contributed by atoms with Crippen LogP contribution in [0.4, 0.5) is 0 Å². The Morgan fingerprint density at radius 2 is 2.17 bits per heavy atom. The molecule has 5 heteroatoms. The van der Waals surface area contributed by atoms with E-state index in [1.54, 1.807) is 11.3 Å². The van der Waals surface area contributed by atoms with Gasteiger partial charge in [-0.15, -0.1) is 11.3 Å². The zero-order chi connectivity index (χ0) is 13.5. The van der Waals surface area contributed by atoms with Gasteiger partial charge in [-0.25, -0.2) is 0 Å². The van der Waals surface area contributed by atoms with Gasteiger partial charge in [0.1, 0.15) is 0 Å². The van der Waals surface area contributed by atoms with Crippen LogP contribution in [0.3, 0.4) is 0 Å². The number of halogens is 1. The number of likely N-dealkylation sites (N-methyl/N-ethyl adjacent to an activating group) is 1. The van der Waals surface area contributed by atoms with Crippen LogP contribution in [0.25, 0.3) is 0 Å². The third-order valence-corrected chi connectivity index (χ3v) is 4.47. The van der Waals surface area contributed by atoms with Gasteiger partial charge < -0.3 is 10.8 Å². The molecule has 18 heavy (non-hydrogen) atoms. The third kappa shape index (κ3) is 4.21. The van der Waals surface area contributed by atoms with Crippen LogP contribution in [0.2, 0.25) is 4.34 Å². The van der Waals surface area contributed by atoms with E-state index in [-0.39, 0.29) is 18.7 Å². The van der Waals surface area contributed by atoms with Crippen LogP contribution in [0, 0.1) is 0 Å². The van der Waals surface area contributed by atoms with Gasteiger partial charge in [0.05, 0.1) is 10.4 Å². The molecule has 2 atom stereocenters. The largest absolute Gasteiger partial charge is 0.396 e. The monoisotopic (exact) mass is 290 g/mol. The fraction of sp³-hybridized carbons (Fsp3) is 0.692. The first-order valence-corrected chi connectivity index (χ1v) is 7.69. The average Bonchev–Trinajstić information content (AvgIpc) is 2.79. The van der Waals surface area contributed by atoms with Crippen molar-refractivity contribution in [2.24, 2.45) is 5.73 Å². The van der Waals surface area contributed by atoms with E-state index in [0.29, 0.717) is 0 Å². The van der Waals surface area contributed by atoms with Gasteiger partial charge in [-0.1, -0.05) is 25.4 Å². The average molecular weight is 291 g/mol. The zero-order valence-corrected chi connectivity index (χ0v) is 12.7. The van der Waals surface area contributed by atoms with Crippen LogP contribution in [0.1, 0.15) is 37.6 Å². The summed E-state index contributed by atoms with van der Waals surface area (Å²) in [6, 6.07) is 4.29. The molecular formula is C13H23ClN2OS. The van der Waals surface area contributed by atoms with Gasteiger partial charge in [0.2, 0.25) is 0 Å². The van der Waals surface area contributed by atoms with E-state index in [2.05, 4.69) is 24.8 Å². The topological polar surface area (TPSA) is 49.5 Å². The van der Waals surface area contributed by atoms with Crippen molar-refractivity contribution in [2.75, 3.05) is 19.7 Å². The number of thiophene rings is 1. The first kappa shape index (κ1) is 15.9. The van der Waals surface area contributed by atoms with Crippen molar-refractivity contribution in [3.8, 4) is 0 Å². The van der Waals surface area contributed by atoms with Gasteiger partial charge in [-0.2, -0.15) is 0 Å². The lowest BCUT2D eigenvalue weighted by molar-refractivity contribution is 0.162. The molecule has 0 spiro atoms. The summed E-state index contributed by atoms with van der Waals surface area (Å²) in [5.74, 6) is 0. The summed E-state index contributed by atoms with van der Waals surface area (Å²) in [5.41, 5.74) is 6.27. The predicted molar refractivity (Wildman–Crippen MR) is 79.3 cm³/mol. The van der Waals surface area contributed by atoms with Crippen LogP contribution in [0.5, 0.6) is 0 Å². The summed E-state index contributed by atoms with van der Waals surface area (Å²) in [4.78, 5) is 3.54. The summed E-state index contributed by atoms with van der Waals surface area (Å²) in [5, 5.41) is 8.99. The van der Waals surface area contributed by atoms with Gasteiger partial charge in [-0.05, 0) is 31.5 Å². The molecule has 0 aliphatic rings. The maximum Gasteiger partial charge on any atom is 0.0931 e. The Morgan fingerprint density at radius 3 is 2.61 bits per heavy atom. The SMILES string of the molecule is CCC(N)C(c1ccc(Cl)s1)N(CC)CCCO. The van der Waals surface area contributed by atoms with Gasteiger partial charge in [0.15, 0.2) is 0 Å². The van der Waals surface area contributed by atoms with Crippen LogP contribution in [-0.4, -0.2) is 35.7 Å². The van der Waals surface area contributed by atoms with Crippen molar-refractivity contribution in [2.45, 2.75) is 38.8 Å². The van der Waals surface area contributed by atoms with Crippen molar-refractivity contribution < 1.29 is 5.11 Å². The van der Waals surface area contributed by atoms with Gasteiger partial charge in [0.25, 0.3) is 0 Å². The quantitative estimate of drug-likeness (QED) is 0.774. The number of hydrogen-bond acceptors (Lipinski definition) is 4. The van der Waals surface area contributed by atoms with E-state index in [4.69, 9.17) is 22.4 Å². The van der Waals surface area contributed by atoms with Gasteiger partial charge in [0, 0.05) is 24.1 Å². The zero-order valence-electron chi connectivity index (χ0n) is 11.1. The third-order valence-electron chi connectivity index (χ3n) is 3.17. The molecule has 104 valence electrons. The maximum absolute atomic E-state index is 8.99. The van der Waals surface area contributed by atoms with Crippen molar-refractivity contribution in [3.63, 3.8) is 0 Å². The molecule has 0 aromatic carbocycles. The fourth-order valence-corrected chi connectivity index (χ4v) is 3.41. The second kappa shape index (κ2) is 8.12. The highest BCUT2D eigenvalue weighted by Gasteiger charge is 2.25. The second-order valence-electron chi connectivity index (χ2n) is 4.36. The van der Waals surface area contributed by atoms with Crippen molar-refractivity contribution in [1.29, 1.82) is 0 Å². The lowest BCUT2D eigenvalue weighted by atomic mass is 10.0. The van der Waals surface area contributed by atoms with Crippen LogP contribution in [-0.2, 0) is 0 Å². The Morgan fingerprint density at radius 1 is 1.44 bits per heavy atom. The Labute approximate surface area is 119 Å². The Bertz CT molecular complexity index is 345. The minimum absolute atomic E-state index is 0.0957. The first-order valence-electron chi connectivity index (χ1n) is 6.49. The molecule has 3 N–H and O–H groups in total. The molecular weight excluding hydrogens is 268 g/mol. The molecule has 0 fully saturated rings. The van der Waals surface area contributed by atoms with Crippen LogP contribution in [0.15, 0.2) is 12.1 Å². The lowest BCUT2D eigenvalue weighted by Crippen LogP contribution is -2.41. The molecule has 1 aromatic rings. The Hall–Kier alpha value is -0.130. The molecule has 0 amide bonds. The van der Waals surface area contributed by atoms with E-state index >= 15 is 0 Å². The van der Waals surface area contributed by atoms with Crippen molar-refractivity contribution in [3.05, 3.63) is 21.3 Å². The summed E-state index contributed by atoms with van der Waals surface area (Å²) in [6.07, 6.45) is 1.70. The highest BCUT2D eigenvalue weighted by Crippen LogP contribution is 2.33. The van der Waals surface area contributed by atoms with E-state index in [1.807, 2.05) is 6.07 Å². The summed E-state index contributed by atoms with van der Waals surface area (Å²) < 4.78 is 0.802. The number of hydrogen-bond donors (Lipinski definition) is 2. The minimum atomic E-state index is 0.0957. The van der Waals surface area contributed by atoms with E-state index < -0.39 is 0 Å². The molecule has 2 unspecified atom stereocenters. The number of nitrogens with two attached hydrogens (primary N) is 1. The van der Waals surface area contributed by atoms with Crippen molar-refractivity contribution >= 4 is 22.9 Å². The molecule has 0 bridgehead atoms. The number of nitrogens with zero attached hydrogens (tertiary/aromatic N) is 1. The molecule has 0 saturated carbocycles. The van der Waals surface area contributed by atoms with Crippen LogP contribution >= 0.6 is 22.9 Å². The lowest BCUT2D eigenvalue weighted by Gasteiger charge is -2.33. The standard InChI is InChI=1S/C13H23ClN2OS/c1-3-10(15)13(11-6-7-12(14)18-11)16(4-2)8-5-9-17/h6-7,10,13,17H,3-5,8-9,15H2,1-2H3. The van der Waals surface area contributed by atoms with E-state index in [9.17, 15) is 0 Å². The maximum atomic E-state index is 8.99. The molecule has 1 aromatic heterocycles. The smallest absolute Gasteiger partial charge is 0.0931 e. The molecule has 1 rings (SSSR count). The summed E-state index contributed by atoms with van der Waals surface area (Å²) >= 11 is 7.62. The van der Waals surface area contributed by atoms with E-state index in [1.165, 1.54) is 4.88 Å². The minimum Gasteiger partial charge on any atom is -0.396 e. The van der Waals surface area contributed by atoms with E-state index in [0.717, 1.165) is 30.3 Å². The molecule has 0 radical (unpaired) electrons. The molecule has 3 nitrogen and oxygen atoms in total. The Balaban J connectivity index is 2.88. The normalized spacial score (nSPS) is 15.0. The second-order valence-corrected chi connectivity index (χ2v) is 6.11. The predicted octanol–water partition coefficient (Wildman–Crippen LogP) is 2.88. The molecule has 0 saturated heterocycles. The number of rotatable bonds is 8. The fourth-order valence-electron chi connectivity index (χ4n) is 2.14. The first-order chi connectivity index (χ1) is 8.63. The molecule has 0 aliphatic carbocycles. The molecule has 0 aliphatic heterocycles. The summed E-state index contributed by atoms with van der Waals surface area (Å²) in [6.45, 7) is 6.24. The molecule has 1 heterocycles. The van der Waals surface area contributed by atoms with Gasteiger partial charge >= 0.3 is 0 Å². The van der Waals surface area contributed by atoms with Crippen LogP contribution < -0.4 is 5.73 Å². The summed E-state index contributed by atoms with van der Waals surface area (Å²) in [7, 11) is 0.